The Hall–Kier alpha value is -1.85. The fourth-order valence-corrected chi connectivity index (χ4v) is 2.76. The van der Waals surface area contributed by atoms with Crippen molar-refractivity contribution in [3.63, 3.8) is 0 Å². The van der Waals surface area contributed by atoms with Crippen molar-refractivity contribution in [3.05, 3.63) is 11.8 Å². The van der Waals surface area contributed by atoms with E-state index in [1.807, 2.05) is 36.9 Å². The van der Waals surface area contributed by atoms with E-state index in [1.54, 1.807) is 0 Å². The van der Waals surface area contributed by atoms with Gasteiger partial charge in [-0.2, -0.15) is 4.98 Å². The summed E-state index contributed by atoms with van der Waals surface area (Å²) in [6, 6.07) is 1.99. The van der Waals surface area contributed by atoms with Gasteiger partial charge in [0.25, 0.3) is 0 Å². The summed E-state index contributed by atoms with van der Waals surface area (Å²) in [6.45, 7) is 5.17. The Kier molecular flexibility index (Phi) is 4.18. The molecule has 1 aliphatic heterocycles. The zero-order valence-electron chi connectivity index (χ0n) is 13.7. The van der Waals surface area contributed by atoms with Crippen molar-refractivity contribution in [2.75, 3.05) is 50.1 Å². The van der Waals surface area contributed by atoms with Gasteiger partial charge in [0.2, 0.25) is 11.9 Å². The molecule has 1 aromatic rings. The van der Waals surface area contributed by atoms with Crippen LogP contribution in [0.4, 0.5) is 11.8 Å². The smallest absolute Gasteiger partial charge is 0.227 e. The highest BCUT2D eigenvalue weighted by Crippen LogP contribution is 2.33. The van der Waals surface area contributed by atoms with Crippen LogP contribution in [0.5, 0.6) is 0 Å². The lowest BCUT2D eigenvalue weighted by atomic mass is 10.2. The molecule has 0 aromatic carbocycles. The normalized spacial score (nSPS) is 18.5. The Morgan fingerprint density at radius 2 is 1.91 bits per heavy atom. The fourth-order valence-electron chi connectivity index (χ4n) is 2.76. The molecule has 0 N–H and O–H groups in total. The van der Waals surface area contributed by atoms with Gasteiger partial charge in [-0.15, -0.1) is 0 Å². The number of aryl methyl sites for hydroxylation is 1. The molecule has 1 aromatic heterocycles. The zero-order chi connectivity index (χ0) is 15.7. The Balaban J connectivity index is 1.62. The molecule has 1 saturated heterocycles. The molecule has 2 heterocycles. The first-order valence-corrected chi connectivity index (χ1v) is 8.08. The van der Waals surface area contributed by atoms with Gasteiger partial charge in [0.15, 0.2) is 0 Å². The number of aromatic nitrogens is 2. The van der Waals surface area contributed by atoms with Crippen LogP contribution < -0.4 is 9.80 Å². The Bertz CT molecular complexity index is 547. The quantitative estimate of drug-likeness (QED) is 0.839. The number of rotatable bonds is 4. The van der Waals surface area contributed by atoms with Crippen LogP contribution in [-0.4, -0.2) is 61.0 Å². The van der Waals surface area contributed by atoms with Crippen molar-refractivity contribution in [2.45, 2.75) is 26.2 Å². The minimum atomic E-state index is 0.321. The summed E-state index contributed by atoms with van der Waals surface area (Å²) >= 11 is 0. The summed E-state index contributed by atoms with van der Waals surface area (Å²) in [5.41, 5.74) is 0.973. The first-order valence-electron chi connectivity index (χ1n) is 8.08. The molecule has 0 unspecified atom stereocenters. The van der Waals surface area contributed by atoms with Gasteiger partial charge < -0.3 is 14.7 Å². The third kappa shape index (κ3) is 3.48. The number of carbonyl (C=O) groups is 1. The average molecular weight is 303 g/mol. The van der Waals surface area contributed by atoms with Gasteiger partial charge in [0.1, 0.15) is 5.82 Å². The van der Waals surface area contributed by atoms with Crippen molar-refractivity contribution < 1.29 is 4.79 Å². The highest BCUT2D eigenvalue weighted by molar-refractivity contribution is 5.77. The fraction of sp³-hybridized carbons (Fsp3) is 0.688. The molecular formula is C16H25N5O. The molecule has 0 bridgehead atoms. The number of amides is 1. The van der Waals surface area contributed by atoms with Crippen molar-refractivity contribution in [2.24, 2.45) is 5.92 Å². The third-order valence-corrected chi connectivity index (χ3v) is 4.36. The van der Waals surface area contributed by atoms with Gasteiger partial charge in [0.05, 0.1) is 0 Å². The van der Waals surface area contributed by atoms with Crippen LogP contribution in [0.15, 0.2) is 6.07 Å². The topological polar surface area (TPSA) is 52.6 Å². The van der Waals surface area contributed by atoms with Crippen molar-refractivity contribution in [1.29, 1.82) is 0 Å². The Labute approximate surface area is 132 Å². The van der Waals surface area contributed by atoms with E-state index < -0.39 is 0 Å². The average Bonchev–Trinajstić information content (AvgIpc) is 3.30. The van der Waals surface area contributed by atoms with E-state index in [-0.39, 0.29) is 0 Å². The number of anilines is 2. The van der Waals surface area contributed by atoms with E-state index >= 15 is 0 Å². The summed E-state index contributed by atoms with van der Waals surface area (Å²) in [6.07, 6.45) is 3.21. The predicted octanol–water partition coefficient (Wildman–Crippen LogP) is 1.30. The van der Waals surface area contributed by atoms with Gasteiger partial charge in [0, 0.05) is 58.5 Å². The van der Waals surface area contributed by atoms with Crippen molar-refractivity contribution >= 4 is 17.7 Å². The molecule has 0 atom stereocenters. The van der Waals surface area contributed by atoms with E-state index in [0.717, 1.165) is 50.1 Å². The van der Waals surface area contributed by atoms with Crippen LogP contribution >= 0.6 is 0 Å². The van der Waals surface area contributed by atoms with Crippen molar-refractivity contribution in [1.82, 2.24) is 14.9 Å². The summed E-state index contributed by atoms with van der Waals surface area (Å²) < 4.78 is 0. The second-order valence-corrected chi connectivity index (χ2v) is 6.58. The second-order valence-electron chi connectivity index (χ2n) is 6.58. The van der Waals surface area contributed by atoms with E-state index in [1.165, 1.54) is 12.8 Å². The number of piperazine rings is 1. The van der Waals surface area contributed by atoms with Gasteiger partial charge in [-0.1, -0.05) is 0 Å². The Morgan fingerprint density at radius 1 is 1.23 bits per heavy atom. The number of nitrogens with zero attached hydrogens (tertiary/aromatic N) is 5. The maximum atomic E-state index is 12.2. The Morgan fingerprint density at radius 3 is 2.50 bits per heavy atom. The molecule has 3 rings (SSSR count). The van der Waals surface area contributed by atoms with Gasteiger partial charge in [-0.05, 0) is 25.7 Å². The van der Waals surface area contributed by atoms with E-state index in [9.17, 15) is 4.79 Å². The van der Waals surface area contributed by atoms with Crippen LogP contribution in [0.25, 0.3) is 0 Å². The molecule has 2 fully saturated rings. The zero-order valence-corrected chi connectivity index (χ0v) is 13.7. The molecule has 22 heavy (non-hydrogen) atoms. The minimum Gasteiger partial charge on any atom is -0.363 e. The van der Waals surface area contributed by atoms with Crippen LogP contribution in [0.1, 0.15) is 25.0 Å². The lowest BCUT2D eigenvalue weighted by molar-refractivity contribution is -0.131. The van der Waals surface area contributed by atoms with Crippen LogP contribution in [0, 0.1) is 12.8 Å². The van der Waals surface area contributed by atoms with Gasteiger partial charge in [-0.25, -0.2) is 4.98 Å². The molecule has 1 amide bonds. The largest absolute Gasteiger partial charge is 0.363 e. The minimum absolute atomic E-state index is 0.321. The maximum Gasteiger partial charge on any atom is 0.227 e. The predicted molar refractivity (Wildman–Crippen MR) is 87.2 cm³/mol. The first-order chi connectivity index (χ1) is 10.5. The molecule has 6 nitrogen and oxygen atoms in total. The summed E-state index contributed by atoms with van der Waals surface area (Å²) in [7, 11) is 3.97. The van der Waals surface area contributed by atoms with Gasteiger partial charge in [-0.3, -0.25) is 4.79 Å². The first kappa shape index (κ1) is 15.1. The standard InChI is InChI=1S/C16H25N5O/c1-12-10-14(19(2)3)18-16(17-12)21-8-6-20(7-9-21)15(22)11-13-4-5-13/h10,13H,4-9,11H2,1-3H3. The van der Waals surface area contributed by atoms with Crippen LogP contribution in [0.3, 0.4) is 0 Å². The SMILES string of the molecule is Cc1cc(N(C)C)nc(N2CCN(C(=O)CC3CC3)CC2)n1. The van der Waals surface area contributed by atoms with Crippen molar-refractivity contribution in [3.8, 4) is 0 Å². The molecule has 0 spiro atoms. The lowest BCUT2D eigenvalue weighted by Crippen LogP contribution is -2.49. The van der Waals surface area contributed by atoms with E-state index in [0.29, 0.717) is 11.8 Å². The van der Waals surface area contributed by atoms with E-state index in [4.69, 9.17) is 0 Å². The van der Waals surface area contributed by atoms with Crippen LogP contribution in [-0.2, 0) is 4.79 Å². The third-order valence-electron chi connectivity index (χ3n) is 4.36. The summed E-state index contributed by atoms with van der Waals surface area (Å²) in [5, 5.41) is 0. The molecule has 1 aliphatic carbocycles. The number of hydrogen-bond donors (Lipinski definition) is 0. The summed E-state index contributed by atoms with van der Waals surface area (Å²) in [5.74, 6) is 2.68. The lowest BCUT2D eigenvalue weighted by Gasteiger charge is -2.35. The molecule has 6 heteroatoms. The number of carbonyl (C=O) groups excluding carboxylic acids is 1. The molecule has 0 radical (unpaired) electrons. The van der Waals surface area contributed by atoms with Gasteiger partial charge >= 0.3 is 0 Å². The summed E-state index contributed by atoms with van der Waals surface area (Å²) in [4.78, 5) is 27.5. The number of hydrogen-bond acceptors (Lipinski definition) is 5. The van der Waals surface area contributed by atoms with Crippen LogP contribution in [0.2, 0.25) is 0 Å². The second kappa shape index (κ2) is 6.10. The highest BCUT2D eigenvalue weighted by Gasteiger charge is 2.29. The highest BCUT2D eigenvalue weighted by atomic mass is 16.2. The molecular weight excluding hydrogens is 278 g/mol. The van der Waals surface area contributed by atoms with E-state index in [2.05, 4.69) is 14.9 Å². The molecule has 2 aliphatic rings. The molecule has 1 saturated carbocycles. The molecule has 120 valence electrons. The maximum absolute atomic E-state index is 12.2. The monoisotopic (exact) mass is 303 g/mol.